The molecule has 15 nitrogen and oxygen atoms in total. The van der Waals surface area contributed by atoms with Crippen molar-refractivity contribution in [1.29, 1.82) is 5.26 Å². The summed E-state index contributed by atoms with van der Waals surface area (Å²) >= 11 is 6.31. The summed E-state index contributed by atoms with van der Waals surface area (Å²) < 4.78 is 6.14. The minimum Gasteiger partial charge on any atom is -0.487 e. The Hall–Kier alpha value is -5.92. The Kier molecular flexibility index (Phi) is 10.7. The van der Waals surface area contributed by atoms with Crippen LogP contribution in [-0.4, -0.2) is 143 Å². The summed E-state index contributed by atoms with van der Waals surface area (Å²) in [6, 6.07) is 23.6. The standard InChI is InChI=1S/C47H49ClN10O5/c1-47(2,31-17-29(21-49)18-32(48)19-31)30-3-6-38(7-4-30)63-28-33-11-12-50-46(51-33)54-15-13-53(14-16-54)35-22-56(23-35)37-26-57(27-37)36-24-55(25-36)34-5-8-39-40(20-34)45(62)58(44(39)61)41-9-10-42(59)52-43(41)60/h3-8,11-12,17-20,35-37,41H,9-10,13-16,22-28H2,1-2H3,(H,52,59,60). The number of fused-ring (bicyclic) bond motifs is 1. The molecule has 6 aliphatic rings. The molecule has 10 rings (SSSR count). The van der Waals surface area contributed by atoms with Gasteiger partial charge < -0.3 is 14.5 Å². The first-order valence-electron chi connectivity index (χ1n) is 21.8. The van der Waals surface area contributed by atoms with Gasteiger partial charge in [-0.15, -0.1) is 0 Å². The fraction of sp³-hybridized carbons (Fsp3) is 0.426. The Morgan fingerprint density at radius 2 is 1.46 bits per heavy atom. The first kappa shape index (κ1) is 41.1. The number of anilines is 2. The summed E-state index contributed by atoms with van der Waals surface area (Å²) in [5, 5.41) is 12.2. The average molecular weight is 869 g/mol. The zero-order valence-corrected chi connectivity index (χ0v) is 36.1. The van der Waals surface area contributed by atoms with Gasteiger partial charge in [-0.2, -0.15) is 5.26 Å². The average Bonchev–Trinajstić information content (AvgIpc) is 3.48. The molecular formula is C47H49ClN10O5. The molecule has 324 valence electrons. The Bertz CT molecular complexity index is 2520. The number of nitrogens with zero attached hydrogens (tertiary/aromatic N) is 9. The number of carbonyl (C=O) groups excluding carboxylic acids is 4. The number of amides is 4. The van der Waals surface area contributed by atoms with Crippen LogP contribution < -0.4 is 19.9 Å². The van der Waals surface area contributed by atoms with Crippen molar-refractivity contribution in [3.63, 3.8) is 0 Å². The zero-order valence-electron chi connectivity index (χ0n) is 35.4. The molecule has 63 heavy (non-hydrogen) atoms. The van der Waals surface area contributed by atoms with Crippen LogP contribution in [0.1, 0.15) is 69.8 Å². The van der Waals surface area contributed by atoms with Crippen LogP contribution >= 0.6 is 11.6 Å². The highest BCUT2D eigenvalue weighted by atomic mass is 35.5. The normalized spacial score (nSPS) is 21.7. The molecule has 6 aliphatic heterocycles. The lowest BCUT2D eigenvalue weighted by Gasteiger charge is -2.58. The van der Waals surface area contributed by atoms with Crippen LogP contribution in [0.25, 0.3) is 0 Å². The molecule has 0 aliphatic carbocycles. The molecule has 4 amide bonds. The van der Waals surface area contributed by atoms with Gasteiger partial charge in [0.15, 0.2) is 0 Å². The second-order valence-corrected chi connectivity index (χ2v) is 18.5. The topological polar surface area (TPSA) is 159 Å². The number of likely N-dealkylation sites (tertiary alicyclic amines) is 2. The van der Waals surface area contributed by atoms with Crippen LogP contribution in [0.2, 0.25) is 5.02 Å². The van der Waals surface area contributed by atoms with Gasteiger partial charge >= 0.3 is 0 Å². The lowest BCUT2D eigenvalue weighted by Crippen LogP contribution is -2.74. The van der Waals surface area contributed by atoms with Crippen molar-refractivity contribution in [3.05, 3.63) is 111 Å². The summed E-state index contributed by atoms with van der Waals surface area (Å²) in [7, 11) is 0. The maximum absolute atomic E-state index is 13.3. The number of imide groups is 2. The van der Waals surface area contributed by atoms with Crippen molar-refractivity contribution in [2.45, 2.75) is 62.9 Å². The van der Waals surface area contributed by atoms with E-state index in [1.807, 2.05) is 42.6 Å². The maximum atomic E-state index is 13.3. The number of piperazine rings is 1. The summed E-state index contributed by atoms with van der Waals surface area (Å²) in [5.41, 5.74) is 4.62. The van der Waals surface area contributed by atoms with Crippen LogP contribution in [0.4, 0.5) is 11.6 Å². The Labute approximate surface area is 371 Å². The third-order valence-corrected chi connectivity index (χ3v) is 14.2. The van der Waals surface area contributed by atoms with E-state index in [1.165, 1.54) is 0 Å². The van der Waals surface area contributed by atoms with Gasteiger partial charge in [0.25, 0.3) is 11.8 Å². The third-order valence-electron chi connectivity index (χ3n) is 14.0. The molecule has 0 radical (unpaired) electrons. The molecule has 4 aromatic rings. The molecule has 0 saturated carbocycles. The SMILES string of the molecule is CC(C)(c1ccc(OCc2ccnc(N3CCN(C4CN(C5CN(C6CN(c7ccc8c(c7)C(=O)N(C7CCC(=O)NC7=O)C8=O)C6)C5)C4)CC3)n2)cc1)c1cc(Cl)cc(C#N)c1. The fourth-order valence-corrected chi connectivity index (χ4v) is 10.0. The zero-order chi connectivity index (χ0) is 43.6. The first-order chi connectivity index (χ1) is 30.4. The number of aromatic nitrogens is 2. The second-order valence-electron chi connectivity index (χ2n) is 18.1. The summed E-state index contributed by atoms with van der Waals surface area (Å²) in [5.74, 6) is -0.448. The molecule has 0 bridgehead atoms. The number of nitrogens with one attached hydrogen (secondary N) is 1. The highest BCUT2D eigenvalue weighted by molar-refractivity contribution is 6.30. The quantitative estimate of drug-likeness (QED) is 0.218. The molecule has 3 aromatic carbocycles. The molecule has 1 unspecified atom stereocenters. The molecule has 5 fully saturated rings. The lowest BCUT2D eigenvalue weighted by molar-refractivity contribution is -0.136. The lowest BCUT2D eigenvalue weighted by atomic mass is 9.78. The summed E-state index contributed by atoms with van der Waals surface area (Å²) in [6.07, 6.45) is 2.05. The molecule has 1 atom stereocenters. The van der Waals surface area contributed by atoms with Gasteiger partial charge in [0.1, 0.15) is 18.4 Å². The number of piperidine rings is 1. The number of hydrogen-bond donors (Lipinski definition) is 1. The van der Waals surface area contributed by atoms with E-state index in [9.17, 15) is 24.4 Å². The molecule has 0 spiro atoms. The van der Waals surface area contributed by atoms with Gasteiger partial charge in [0.05, 0.1) is 28.5 Å². The minimum absolute atomic E-state index is 0.0995. The van der Waals surface area contributed by atoms with Crippen molar-refractivity contribution in [3.8, 4) is 11.8 Å². The van der Waals surface area contributed by atoms with Crippen LogP contribution in [0, 0.1) is 11.3 Å². The van der Waals surface area contributed by atoms with E-state index < -0.39 is 23.8 Å². The largest absolute Gasteiger partial charge is 0.487 e. The van der Waals surface area contributed by atoms with E-state index in [4.69, 9.17) is 21.3 Å². The van der Waals surface area contributed by atoms with Gasteiger partial charge in [-0.05, 0) is 72.1 Å². The van der Waals surface area contributed by atoms with Crippen LogP contribution in [-0.2, 0) is 21.6 Å². The monoisotopic (exact) mass is 868 g/mol. The highest BCUT2D eigenvalue weighted by Gasteiger charge is 2.47. The van der Waals surface area contributed by atoms with Gasteiger partial charge in [0, 0.05) is 112 Å². The predicted molar refractivity (Wildman–Crippen MR) is 235 cm³/mol. The third kappa shape index (κ3) is 7.79. The minimum atomic E-state index is -0.962. The van der Waals surface area contributed by atoms with Crippen LogP contribution in [0.5, 0.6) is 5.75 Å². The van der Waals surface area contributed by atoms with Crippen molar-refractivity contribution in [2.75, 3.05) is 75.2 Å². The molecule has 1 aromatic heterocycles. The summed E-state index contributed by atoms with van der Waals surface area (Å²) in [4.78, 5) is 73.2. The van der Waals surface area contributed by atoms with Gasteiger partial charge in [-0.1, -0.05) is 37.6 Å². The predicted octanol–water partition coefficient (Wildman–Crippen LogP) is 3.69. The number of ether oxygens (including phenoxy) is 1. The fourth-order valence-electron chi connectivity index (χ4n) is 9.80. The number of halogens is 1. The second kappa shape index (κ2) is 16.3. The van der Waals surface area contributed by atoms with Gasteiger partial charge in [0.2, 0.25) is 17.8 Å². The Morgan fingerprint density at radius 1 is 0.778 bits per heavy atom. The Morgan fingerprint density at radius 3 is 2.16 bits per heavy atom. The van der Waals surface area contributed by atoms with E-state index >= 15 is 0 Å². The number of benzene rings is 3. The number of carbonyl (C=O) groups is 4. The molecule has 5 saturated heterocycles. The highest BCUT2D eigenvalue weighted by Crippen LogP contribution is 2.36. The van der Waals surface area contributed by atoms with E-state index in [1.54, 1.807) is 18.2 Å². The van der Waals surface area contributed by atoms with Crippen LogP contribution in [0.3, 0.4) is 0 Å². The first-order valence-corrected chi connectivity index (χ1v) is 22.1. The van der Waals surface area contributed by atoms with Crippen molar-refractivity contribution in [2.24, 2.45) is 0 Å². The van der Waals surface area contributed by atoms with E-state index in [0.717, 1.165) is 105 Å². The van der Waals surface area contributed by atoms with E-state index in [-0.39, 0.29) is 24.2 Å². The maximum Gasteiger partial charge on any atom is 0.262 e. The van der Waals surface area contributed by atoms with Crippen molar-refractivity contribution in [1.82, 2.24) is 34.9 Å². The molecular weight excluding hydrogens is 820 g/mol. The molecule has 7 heterocycles. The van der Waals surface area contributed by atoms with Crippen molar-refractivity contribution >= 4 is 46.9 Å². The number of rotatable bonds is 11. The van der Waals surface area contributed by atoms with E-state index in [2.05, 4.69) is 66.8 Å². The molecule has 16 heteroatoms. The van der Waals surface area contributed by atoms with Crippen LogP contribution in [0.15, 0.2) is 72.9 Å². The number of nitriles is 1. The van der Waals surface area contributed by atoms with Crippen molar-refractivity contribution < 1.29 is 23.9 Å². The Balaban J connectivity index is 0.642. The van der Waals surface area contributed by atoms with Gasteiger partial charge in [-0.25, -0.2) is 9.97 Å². The molecule has 1 N–H and O–H groups in total. The number of hydrogen-bond acceptors (Lipinski definition) is 13. The van der Waals surface area contributed by atoms with E-state index in [0.29, 0.717) is 46.4 Å². The van der Waals surface area contributed by atoms with Gasteiger partial charge in [-0.3, -0.25) is 44.1 Å². The summed E-state index contributed by atoms with van der Waals surface area (Å²) in [6.45, 7) is 14.3. The smallest absolute Gasteiger partial charge is 0.262 e.